The first-order valence-corrected chi connectivity index (χ1v) is 6.34. The zero-order valence-electron chi connectivity index (χ0n) is 9.92. The average molecular weight is 254 g/mol. The van der Waals surface area contributed by atoms with E-state index in [9.17, 15) is 9.59 Å². The number of amides is 2. The van der Waals surface area contributed by atoms with Gasteiger partial charge in [0.2, 0.25) is 5.91 Å². The molecule has 1 aliphatic heterocycles. The Kier molecular flexibility index (Phi) is 3.17. The van der Waals surface area contributed by atoms with E-state index < -0.39 is 5.91 Å². The number of primary amides is 1. The van der Waals surface area contributed by atoms with Crippen molar-refractivity contribution < 1.29 is 14.5 Å². The number of fused-ring (bicyclic) bond motifs is 1. The number of likely N-dealkylation sites (N-methyl/N-ethyl adjacent to an activating group) is 1. The molecule has 0 saturated heterocycles. The van der Waals surface area contributed by atoms with E-state index in [0.717, 1.165) is 30.0 Å². The average Bonchev–Trinajstić information content (AvgIpc) is 2.53. The Balaban J connectivity index is 2.46. The van der Waals surface area contributed by atoms with Gasteiger partial charge < -0.3 is 16.0 Å². The van der Waals surface area contributed by atoms with Gasteiger partial charge in [0.15, 0.2) is 0 Å². The second-order valence-electron chi connectivity index (χ2n) is 4.39. The SMILES string of the molecule is CC(=O)Nc1sc2c(c1C(N)=O)CC[NH+](C)C2. The van der Waals surface area contributed by atoms with Gasteiger partial charge in [-0.3, -0.25) is 9.59 Å². The van der Waals surface area contributed by atoms with Gasteiger partial charge in [-0.1, -0.05) is 0 Å². The second-order valence-corrected chi connectivity index (χ2v) is 5.49. The van der Waals surface area contributed by atoms with Crippen LogP contribution in [0.1, 0.15) is 27.7 Å². The van der Waals surface area contributed by atoms with Crippen LogP contribution < -0.4 is 16.0 Å². The molecule has 1 aliphatic rings. The van der Waals surface area contributed by atoms with Crippen molar-refractivity contribution in [2.45, 2.75) is 19.9 Å². The molecule has 0 aromatic carbocycles. The molecule has 92 valence electrons. The molecule has 0 radical (unpaired) electrons. The summed E-state index contributed by atoms with van der Waals surface area (Å²) in [4.78, 5) is 25.2. The van der Waals surface area contributed by atoms with Gasteiger partial charge in [0.05, 0.1) is 24.0 Å². The largest absolute Gasteiger partial charge is 0.365 e. The van der Waals surface area contributed by atoms with Crippen LogP contribution in [0.25, 0.3) is 0 Å². The number of carbonyl (C=O) groups is 2. The molecule has 2 heterocycles. The topological polar surface area (TPSA) is 76.6 Å². The van der Waals surface area contributed by atoms with Crippen LogP contribution >= 0.6 is 11.3 Å². The van der Waals surface area contributed by atoms with E-state index in [1.54, 1.807) is 0 Å². The fourth-order valence-electron chi connectivity index (χ4n) is 2.13. The lowest BCUT2D eigenvalue weighted by molar-refractivity contribution is -0.895. The van der Waals surface area contributed by atoms with Gasteiger partial charge in [0, 0.05) is 13.3 Å². The van der Waals surface area contributed by atoms with Crippen molar-refractivity contribution in [3.63, 3.8) is 0 Å². The number of carbonyl (C=O) groups excluding carboxylic acids is 2. The van der Waals surface area contributed by atoms with E-state index in [1.807, 2.05) is 0 Å². The minimum absolute atomic E-state index is 0.174. The first kappa shape index (κ1) is 12.1. The molecule has 2 rings (SSSR count). The number of nitrogens with two attached hydrogens (primary N) is 1. The molecule has 1 atom stereocenters. The molecule has 6 heteroatoms. The number of rotatable bonds is 2. The minimum Gasteiger partial charge on any atom is -0.365 e. The lowest BCUT2D eigenvalue weighted by Gasteiger charge is -2.19. The molecule has 5 nitrogen and oxygen atoms in total. The summed E-state index contributed by atoms with van der Waals surface area (Å²) >= 11 is 1.47. The van der Waals surface area contributed by atoms with Crippen LogP contribution in [-0.2, 0) is 17.8 Å². The zero-order valence-corrected chi connectivity index (χ0v) is 10.7. The highest BCUT2D eigenvalue weighted by Crippen LogP contribution is 2.34. The van der Waals surface area contributed by atoms with Gasteiger partial charge in [0.1, 0.15) is 11.5 Å². The monoisotopic (exact) mass is 254 g/mol. The van der Waals surface area contributed by atoms with E-state index in [1.165, 1.54) is 23.2 Å². The van der Waals surface area contributed by atoms with E-state index in [2.05, 4.69) is 12.4 Å². The standard InChI is InChI=1S/C11H15N3O2S/c1-6(15)13-11-9(10(12)16)7-3-4-14(2)5-8(7)17-11/h3-5H2,1-2H3,(H2,12,16)(H,13,15)/p+1. The third-order valence-electron chi connectivity index (χ3n) is 2.89. The van der Waals surface area contributed by atoms with Crippen LogP contribution in [0.15, 0.2) is 0 Å². The fraction of sp³-hybridized carbons (Fsp3) is 0.455. The van der Waals surface area contributed by atoms with Gasteiger partial charge in [0.25, 0.3) is 5.91 Å². The van der Waals surface area contributed by atoms with Crippen molar-refractivity contribution in [2.75, 3.05) is 18.9 Å². The maximum atomic E-state index is 11.5. The van der Waals surface area contributed by atoms with Gasteiger partial charge in [-0.15, -0.1) is 11.3 Å². The Morgan fingerprint density at radius 1 is 1.47 bits per heavy atom. The second kappa shape index (κ2) is 4.46. The Hall–Kier alpha value is -1.40. The first-order chi connectivity index (χ1) is 7.99. The van der Waals surface area contributed by atoms with E-state index in [-0.39, 0.29) is 5.91 Å². The molecule has 4 N–H and O–H groups in total. The quantitative estimate of drug-likeness (QED) is 0.657. The molecule has 1 aromatic rings. The Bertz CT molecular complexity index is 481. The molecule has 0 aliphatic carbocycles. The van der Waals surface area contributed by atoms with Crippen LogP contribution in [0, 0.1) is 0 Å². The lowest BCUT2D eigenvalue weighted by Crippen LogP contribution is -3.08. The van der Waals surface area contributed by atoms with Crippen molar-refractivity contribution in [3.8, 4) is 0 Å². The van der Waals surface area contributed by atoms with Gasteiger partial charge >= 0.3 is 0 Å². The highest BCUT2D eigenvalue weighted by Gasteiger charge is 2.27. The van der Waals surface area contributed by atoms with Crippen molar-refractivity contribution in [3.05, 3.63) is 16.0 Å². The predicted octanol–water partition coefficient (Wildman–Crippen LogP) is -0.624. The lowest BCUT2D eigenvalue weighted by atomic mass is 10.0. The normalized spacial score (nSPS) is 18.6. The Morgan fingerprint density at radius 2 is 2.18 bits per heavy atom. The summed E-state index contributed by atoms with van der Waals surface area (Å²) in [7, 11) is 2.12. The van der Waals surface area contributed by atoms with Gasteiger partial charge in [-0.05, 0) is 5.56 Å². The van der Waals surface area contributed by atoms with E-state index in [0.29, 0.717) is 10.6 Å². The van der Waals surface area contributed by atoms with E-state index in [4.69, 9.17) is 5.73 Å². The third kappa shape index (κ3) is 2.32. The summed E-state index contributed by atoms with van der Waals surface area (Å²) in [5.41, 5.74) is 6.94. The summed E-state index contributed by atoms with van der Waals surface area (Å²) in [6.45, 7) is 3.31. The van der Waals surface area contributed by atoms with Crippen LogP contribution in [0.5, 0.6) is 0 Å². The van der Waals surface area contributed by atoms with Gasteiger partial charge in [-0.25, -0.2) is 0 Å². The number of thiophene rings is 1. The number of anilines is 1. The number of hydrogen-bond acceptors (Lipinski definition) is 3. The minimum atomic E-state index is -0.453. The van der Waals surface area contributed by atoms with Crippen molar-refractivity contribution in [1.29, 1.82) is 0 Å². The molecule has 0 saturated carbocycles. The molecular formula is C11H16N3O2S+. The number of quaternary nitrogens is 1. The van der Waals surface area contributed by atoms with Crippen molar-refractivity contribution in [1.82, 2.24) is 0 Å². The third-order valence-corrected chi connectivity index (χ3v) is 4.04. The molecular weight excluding hydrogens is 238 g/mol. The zero-order chi connectivity index (χ0) is 12.6. The van der Waals surface area contributed by atoms with Crippen LogP contribution in [0.2, 0.25) is 0 Å². The maximum absolute atomic E-state index is 11.5. The molecule has 2 amide bonds. The molecule has 0 fully saturated rings. The highest BCUT2D eigenvalue weighted by atomic mass is 32.1. The summed E-state index contributed by atoms with van der Waals surface area (Å²) in [5.74, 6) is -0.627. The molecule has 1 aromatic heterocycles. The smallest absolute Gasteiger partial charge is 0.252 e. The Morgan fingerprint density at radius 3 is 2.76 bits per heavy atom. The molecule has 0 spiro atoms. The summed E-state index contributed by atoms with van der Waals surface area (Å²) in [6, 6.07) is 0. The fourth-order valence-corrected chi connectivity index (χ4v) is 3.54. The number of hydrogen-bond donors (Lipinski definition) is 3. The maximum Gasteiger partial charge on any atom is 0.252 e. The van der Waals surface area contributed by atoms with Crippen LogP contribution in [-0.4, -0.2) is 25.4 Å². The highest BCUT2D eigenvalue weighted by molar-refractivity contribution is 7.17. The van der Waals surface area contributed by atoms with E-state index >= 15 is 0 Å². The van der Waals surface area contributed by atoms with Crippen LogP contribution in [0.4, 0.5) is 5.00 Å². The number of nitrogens with one attached hydrogen (secondary N) is 2. The molecule has 17 heavy (non-hydrogen) atoms. The van der Waals surface area contributed by atoms with Crippen LogP contribution in [0.3, 0.4) is 0 Å². The Labute approximate surface area is 104 Å². The van der Waals surface area contributed by atoms with Crippen molar-refractivity contribution in [2.24, 2.45) is 5.73 Å². The summed E-state index contributed by atoms with van der Waals surface area (Å²) in [5, 5.41) is 3.30. The predicted molar refractivity (Wildman–Crippen MR) is 66.3 cm³/mol. The molecule has 1 unspecified atom stereocenters. The summed E-state index contributed by atoms with van der Waals surface area (Å²) in [6.07, 6.45) is 0.843. The first-order valence-electron chi connectivity index (χ1n) is 5.52. The molecule has 0 bridgehead atoms. The van der Waals surface area contributed by atoms with Gasteiger partial charge in [-0.2, -0.15) is 0 Å². The van der Waals surface area contributed by atoms with Crippen molar-refractivity contribution >= 4 is 28.2 Å². The summed E-state index contributed by atoms with van der Waals surface area (Å²) < 4.78 is 0.